The number of nitrogens with zero attached hydrogens (tertiary/aromatic N) is 1. The third-order valence-corrected chi connectivity index (χ3v) is 7.57. The fraction of sp³-hybridized carbons (Fsp3) is 0.333. The third-order valence-electron chi connectivity index (χ3n) is 6.39. The van der Waals surface area contributed by atoms with Gasteiger partial charge in [-0.25, -0.2) is 4.98 Å². The Hall–Kier alpha value is -2.66. The first kappa shape index (κ1) is 18.4. The topological polar surface area (TPSA) is 59.4 Å². The van der Waals surface area contributed by atoms with Crippen LogP contribution in [0.4, 0.5) is 0 Å². The number of hydrogen-bond acceptors (Lipinski definition) is 4. The number of aliphatic carboxylic acids is 1. The first-order chi connectivity index (χ1) is 14.0. The molecule has 2 atom stereocenters. The molecule has 5 rings (SSSR count). The quantitative estimate of drug-likeness (QED) is 0.626. The van der Waals surface area contributed by atoms with Crippen LogP contribution in [-0.4, -0.2) is 16.1 Å². The molecule has 3 aromatic rings. The summed E-state index contributed by atoms with van der Waals surface area (Å²) in [6.07, 6.45) is 2.65. The van der Waals surface area contributed by atoms with E-state index in [1.807, 2.05) is 13.0 Å². The Morgan fingerprint density at radius 2 is 2.03 bits per heavy atom. The number of hydrogen-bond donors (Lipinski definition) is 1. The highest BCUT2D eigenvalue weighted by Gasteiger charge is 2.61. The number of rotatable bonds is 5. The minimum atomic E-state index is -0.664. The van der Waals surface area contributed by atoms with Gasteiger partial charge >= 0.3 is 5.97 Å². The second kappa shape index (κ2) is 6.70. The van der Waals surface area contributed by atoms with Crippen molar-refractivity contribution in [3.63, 3.8) is 0 Å². The van der Waals surface area contributed by atoms with Crippen LogP contribution in [0.2, 0.25) is 0 Å². The minimum absolute atomic E-state index is 0.114. The van der Waals surface area contributed by atoms with Gasteiger partial charge in [0.05, 0.1) is 16.5 Å². The monoisotopic (exact) mass is 405 g/mol. The fourth-order valence-electron chi connectivity index (χ4n) is 4.58. The van der Waals surface area contributed by atoms with Gasteiger partial charge in [-0.15, -0.1) is 11.3 Å². The minimum Gasteiger partial charge on any atom is -0.488 e. The van der Waals surface area contributed by atoms with E-state index in [0.29, 0.717) is 6.61 Å². The lowest BCUT2D eigenvalue weighted by atomic mass is 9.95. The van der Waals surface area contributed by atoms with Gasteiger partial charge in [0.15, 0.2) is 0 Å². The van der Waals surface area contributed by atoms with E-state index >= 15 is 0 Å². The van der Waals surface area contributed by atoms with Gasteiger partial charge < -0.3 is 9.84 Å². The first-order valence-corrected chi connectivity index (χ1v) is 10.8. The van der Waals surface area contributed by atoms with Gasteiger partial charge in [0, 0.05) is 11.0 Å². The lowest BCUT2D eigenvalue weighted by molar-refractivity contribution is -0.139. The molecule has 2 unspecified atom stereocenters. The zero-order valence-electron chi connectivity index (χ0n) is 16.6. The molecule has 1 aromatic heterocycles. The molecule has 5 heteroatoms. The highest BCUT2D eigenvalue weighted by molar-refractivity contribution is 7.15. The standard InChI is InChI=1S/C24H23NO3S/c1-14-3-5-16(6-4-14)22-25-15(2)21(29-22)13-28-18-7-8-19-17(11-18)9-10-24(19)12-20(24)23(26)27/h3-8,11,20H,9-10,12-13H2,1-2H3,(H,26,27). The number of carboxylic acids is 1. The maximum Gasteiger partial charge on any atom is 0.307 e. The molecule has 4 nitrogen and oxygen atoms in total. The first-order valence-electron chi connectivity index (χ1n) is 9.99. The van der Waals surface area contributed by atoms with Gasteiger partial charge in [0.1, 0.15) is 17.4 Å². The Morgan fingerprint density at radius 3 is 2.76 bits per heavy atom. The van der Waals surface area contributed by atoms with Crippen molar-refractivity contribution in [1.29, 1.82) is 0 Å². The molecule has 0 bridgehead atoms. The average Bonchev–Trinajstić information content (AvgIpc) is 3.18. The second-order valence-electron chi connectivity index (χ2n) is 8.25. The van der Waals surface area contributed by atoms with Crippen molar-refractivity contribution < 1.29 is 14.6 Å². The third kappa shape index (κ3) is 3.14. The summed E-state index contributed by atoms with van der Waals surface area (Å²) < 4.78 is 6.08. The van der Waals surface area contributed by atoms with Crippen molar-refractivity contribution in [3.05, 3.63) is 69.7 Å². The van der Waals surface area contributed by atoms with E-state index < -0.39 is 5.97 Å². The SMILES string of the molecule is Cc1ccc(-c2nc(C)c(COc3ccc4c(c3)CCC43CC3C(=O)O)s2)cc1. The van der Waals surface area contributed by atoms with E-state index in [-0.39, 0.29) is 11.3 Å². The molecule has 148 valence electrons. The molecular weight excluding hydrogens is 382 g/mol. The lowest BCUT2D eigenvalue weighted by Crippen LogP contribution is -2.11. The highest BCUT2D eigenvalue weighted by atomic mass is 32.1. The number of benzene rings is 2. The summed E-state index contributed by atoms with van der Waals surface area (Å²) in [6, 6.07) is 14.6. The molecule has 0 radical (unpaired) electrons. The molecule has 0 saturated heterocycles. The van der Waals surface area contributed by atoms with Crippen molar-refractivity contribution in [2.24, 2.45) is 5.92 Å². The number of ether oxygens (including phenoxy) is 1. The van der Waals surface area contributed by atoms with Crippen LogP contribution in [0, 0.1) is 19.8 Å². The Balaban J connectivity index is 1.30. The van der Waals surface area contributed by atoms with Crippen LogP contribution < -0.4 is 4.74 Å². The van der Waals surface area contributed by atoms with Gasteiger partial charge in [-0.2, -0.15) is 0 Å². The van der Waals surface area contributed by atoms with E-state index in [0.717, 1.165) is 46.2 Å². The summed E-state index contributed by atoms with van der Waals surface area (Å²) in [7, 11) is 0. The van der Waals surface area contributed by atoms with Crippen molar-refractivity contribution in [1.82, 2.24) is 4.98 Å². The average molecular weight is 406 g/mol. The number of carboxylic acid groups (broad SMARTS) is 1. The molecule has 0 amide bonds. The van der Waals surface area contributed by atoms with E-state index in [9.17, 15) is 9.90 Å². The van der Waals surface area contributed by atoms with E-state index in [2.05, 4.69) is 43.3 Å². The molecule has 1 saturated carbocycles. The van der Waals surface area contributed by atoms with E-state index in [1.165, 1.54) is 16.7 Å². The molecular formula is C24H23NO3S. The van der Waals surface area contributed by atoms with Gasteiger partial charge in [-0.05, 0) is 56.4 Å². The Morgan fingerprint density at radius 1 is 1.24 bits per heavy atom. The summed E-state index contributed by atoms with van der Waals surface area (Å²) in [5.74, 6) is -0.0307. The molecule has 1 spiro atoms. The van der Waals surface area contributed by atoms with Crippen LogP contribution >= 0.6 is 11.3 Å². The van der Waals surface area contributed by atoms with Crippen molar-refractivity contribution in [3.8, 4) is 16.3 Å². The summed E-state index contributed by atoms with van der Waals surface area (Å²) in [5.41, 5.74) is 5.73. The number of aromatic nitrogens is 1. The largest absolute Gasteiger partial charge is 0.488 e. The maximum absolute atomic E-state index is 11.4. The molecule has 1 fully saturated rings. The van der Waals surface area contributed by atoms with Crippen molar-refractivity contribution >= 4 is 17.3 Å². The predicted molar refractivity (Wildman–Crippen MR) is 114 cm³/mol. The number of fused-ring (bicyclic) bond motifs is 2. The number of thiazole rings is 1. The van der Waals surface area contributed by atoms with Gasteiger partial charge in [0.25, 0.3) is 0 Å². The van der Waals surface area contributed by atoms with Gasteiger partial charge in [-0.1, -0.05) is 35.9 Å². The van der Waals surface area contributed by atoms with Crippen LogP contribution in [0.5, 0.6) is 5.75 Å². The Bertz CT molecular complexity index is 1100. The fourth-order valence-corrected chi connectivity index (χ4v) is 5.56. The summed E-state index contributed by atoms with van der Waals surface area (Å²) >= 11 is 1.68. The summed E-state index contributed by atoms with van der Waals surface area (Å²) in [5, 5.41) is 10.4. The van der Waals surface area contributed by atoms with Gasteiger partial charge in [0.2, 0.25) is 0 Å². The smallest absolute Gasteiger partial charge is 0.307 e. The highest BCUT2D eigenvalue weighted by Crippen LogP contribution is 2.61. The molecule has 1 N–H and O–H groups in total. The van der Waals surface area contributed by atoms with Crippen LogP contribution in [-0.2, 0) is 23.2 Å². The van der Waals surface area contributed by atoms with Crippen LogP contribution in [0.15, 0.2) is 42.5 Å². The normalized spacial score (nSPS) is 21.9. The zero-order chi connectivity index (χ0) is 20.2. The molecule has 2 aromatic carbocycles. The molecule has 1 heterocycles. The van der Waals surface area contributed by atoms with Crippen LogP contribution in [0.3, 0.4) is 0 Å². The number of carbonyl (C=O) groups is 1. The summed E-state index contributed by atoms with van der Waals surface area (Å²) in [6.45, 7) is 4.61. The zero-order valence-corrected chi connectivity index (χ0v) is 17.4. The van der Waals surface area contributed by atoms with Crippen LogP contribution in [0.1, 0.15) is 40.1 Å². The molecule has 0 aliphatic heterocycles. The molecule has 29 heavy (non-hydrogen) atoms. The number of aryl methyl sites for hydroxylation is 3. The predicted octanol–water partition coefficient (Wildman–Crippen LogP) is 5.29. The maximum atomic E-state index is 11.4. The second-order valence-corrected chi connectivity index (χ2v) is 9.34. The molecule has 2 aliphatic rings. The Kier molecular flexibility index (Phi) is 4.24. The van der Waals surface area contributed by atoms with Gasteiger partial charge in [-0.3, -0.25) is 4.79 Å². The summed E-state index contributed by atoms with van der Waals surface area (Å²) in [4.78, 5) is 17.2. The lowest BCUT2D eigenvalue weighted by Gasteiger charge is -2.11. The van der Waals surface area contributed by atoms with Crippen LogP contribution in [0.25, 0.3) is 10.6 Å². The Labute approximate surface area is 174 Å². The van der Waals surface area contributed by atoms with Crippen molar-refractivity contribution in [2.45, 2.75) is 45.1 Å². The van der Waals surface area contributed by atoms with Crippen molar-refractivity contribution in [2.75, 3.05) is 0 Å². The van der Waals surface area contributed by atoms with E-state index in [4.69, 9.17) is 9.72 Å². The molecule has 2 aliphatic carbocycles. The van der Waals surface area contributed by atoms with E-state index in [1.54, 1.807) is 11.3 Å².